The van der Waals surface area contributed by atoms with Crippen molar-refractivity contribution in [3.8, 4) is 11.1 Å². The van der Waals surface area contributed by atoms with Gasteiger partial charge in [-0.05, 0) is 41.3 Å². The molecule has 3 aromatic carbocycles. The minimum absolute atomic E-state index is 0.0928. The smallest absolute Gasteiger partial charge is 0.267 e. The van der Waals surface area contributed by atoms with Gasteiger partial charge in [0.15, 0.2) is 0 Å². The Morgan fingerprint density at radius 1 is 1.03 bits per heavy atom. The van der Waals surface area contributed by atoms with E-state index in [9.17, 15) is 4.79 Å². The molecular formula is C31H32N4O2. The van der Waals surface area contributed by atoms with Gasteiger partial charge in [-0.2, -0.15) is 0 Å². The molecule has 0 aliphatic heterocycles. The summed E-state index contributed by atoms with van der Waals surface area (Å²) in [5, 5.41) is 5.39. The van der Waals surface area contributed by atoms with Crippen molar-refractivity contribution in [1.82, 2.24) is 19.4 Å². The topological polar surface area (TPSA) is 61.1 Å². The molecule has 2 heterocycles. The van der Waals surface area contributed by atoms with Gasteiger partial charge in [-0.1, -0.05) is 72.8 Å². The molecule has 0 saturated carbocycles. The van der Waals surface area contributed by atoms with Crippen LogP contribution in [0.3, 0.4) is 0 Å². The van der Waals surface area contributed by atoms with Gasteiger partial charge in [-0.15, -0.1) is 0 Å². The Balaban J connectivity index is 1.51. The fraction of sp³-hybridized carbons (Fsp3) is 0.226. The first-order valence-corrected chi connectivity index (χ1v) is 12.7. The molecule has 0 fully saturated rings. The predicted molar refractivity (Wildman–Crippen MR) is 148 cm³/mol. The molecule has 0 unspecified atom stereocenters. The SMILES string of the molecule is COCCCNC(=O)c1cc(-c2cccc3ccccc23)cn1Cc1cncn1[C@@H](C)c1ccccc1. The lowest BCUT2D eigenvalue weighted by Crippen LogP contribution is -2.27. The van der Waals surface area contributed by atoms with Gasteiger partial charge in [0.25, 0.3) is 5.91 Å². The predicted octanol–water partition coefficient (Wildman–Crippen LogP) is 5.93. The van der Waals surface area contributed by atoms with Crippen LogP contribution in [0, 0.1) is 0 Å². The number of fused-ring (bicyclic) bond motifs is 1. The van der Waals surface area contributed by atoms with Gasteiger partial charge >= 0.3 is 0 Å². The largest absolute Gasteiger partial charge is 0.385 e. The Labute approximate surface area is 217 Å². The number of hydrogen-bond donors (Lipinski definition) is 1. The Bertz CT molecular complexity index is 1480. The van der Waals surface area contributed by atoms with Crippen LogP contribution in [0.1, 0.15) is 41.1 Å². The van der Waals surface area contributed by atoms with E-state index in [1.54, 1.807) is 7.11 Å². The standard InChI is InChI=1S/C31H32N4O2/c1-23(24-10-4-3-5-11-24)35-22-32-19-27(35)21-34-20-26(18-30(34)31(36)33-16-9-17-37-2)29-15-8-13-25-12-6-7-14-28(25)29/h3-8,10-15,18-20,22-23H,9,16-17,21H2,1-2H3,(H,33,36)/t23-/m0/s1. The molecule has 0 bridgehead atoms. The lowest BCUT2D eigenvalue weighted by Gasteiger charge is -2.18. The highest BCUT2D eigenvalue weighted by Gasteiger charge is 2.18. The summed E-state index contributed by atoms with van der Waals surface area (Å²) >= 11 is 0. The van der Waals surface area contributed by atoms with Crippen molar-refractivity contribution in [1.29, 1.82) is 0 Å². The van der Waals surface area contributed by atoms with Crippen molar-refractivity contribution >= 4 is 16.7 Å². The minimum atomic E-state index is -0.0928. The zero-order valence-corrected chi connectivity index (χ0v) is 21.3. The number of nitrogens with zero attached hydrogens (tertiary/aromatic N) is 3. The van der Waals surface area contributed by atoms with Crippen LogP contribution < -0.4 is 5.32 Å². The summed E-state index contributed by atoms with van der Waals surface area (Å²) in [6, 6.07) is 27.1. The molecule has 6 nitrogen and oxygen atoms in total. The maximum atomic E-state index is 13.3. The fourth-order valence-corrected chi connectivity index (χ4v) is 4.84. The van der Waals surface area contributed by atoms with E-state index in [1.165, 1.54) is 10.9 Å². The first kappa shape index (κ1) is 24.5. The number of benzene rings is 3. The maximum absolute atomic E-state index is 13.3. The second kappa shape index (κ2) is 11.3. The normalized spacial score (nSPS) is 12.1. The van der Waals surface area contributed by atoms with E-state index in [0.717, 1.165) is 28.6 Å². The van der Waals surface area contributed by atoms with Crippen molar-refractivity contribution < 1.29 is 9.53 Å². The van der Waals surface area contributed by atoms with Gasteiger partial charge in [0.1, 0.15) is 5.69 Å². The summed E-state index contributed by atoms with van der Waals surface area (Å²) in [6.45, 7) is 3.87. The van der Waals surface area contributed by atoms with Crippen LogP contribution >= 0.6 is 0 Å². The number of nitrogens with one attached hydrogen (secondary N) is 1. The summed E-state index contributed by atoms with van der Waals surface area (Å²) < 4.78 is 9.34. The fourth-order valence-electron chi connectivity index (χ4n) is 4.84. The van der Waals surface area contributed by atoms with Gasteiger partial charge in [-0.25, -0.2) is 4.98 Å². The molecule has 1 atom stereocenters. The number of ether oxygens (including phenoxy) is 1. The minimum Gasteiger partial charge on any atom is -0.385 e. The third-order valence-electron chi connectivity index (χ3n) is 6.82. The maximum Gasteiger partial charge on any atom is 0.267 e. The molecule has 5 rings (SSSR count). The lowest BCUT2D eigenvalue weighted by atomic mass is 10.0. The van der Waals surface area contributed by atoms with Crippen LogP contribution in [0.25, 0.3) is 21.9 Å². The van der Waals surface area contributed by atoms with Crippen molar-refractivity contribution in [2.75, 3.05) is 20.3 Å². The summed E-state index contributed by atoms with van der Waals surface area (Å²) in [5.41, 5.74) is 4.99. The van der Waals surface area contributed by atoms with E-state index in [2.05, 4.69) is 88.7 Å². The van der Waals surface area contributed by atoms with Crippen molar-refractivity contribution in [3.63, 3.8) is 0 Å². The number of aromatic nitrogens is 3. The Morgan fingerprint density at radius 2 is 1.81 bits per heavy atom. The number of imidazole rings is 1. The van der Waals surface area contributed by atoms with Crippen LogP contribution in [0.4, 0.5) is 0 Å². The number of methoxy groups -OCH3 is 1. The van der Waals surface area contributed by atoms with Crippen LogP contribution in [0.2, 0.25) is 0 Å². The first-order chi connectivity index (χ1) is 18.2. The molecule has 0 radical (unpaired) electrons. The van der Waals surface area contributed by atoms with Crippen molar-refractivity contribution in [3.05, 3.63) is 115 Å². The zero-order chi connectivity index (χ0) is 25.6. The number of rotatable bonds is 10. The molecule has 0 spiro atoms. The molecule has 0 aliphatic carbocycles. The van der Waals surface area contributed by atoms with Gasteiger partial charge in [-0.3, -0.25) is 4.79 Å². The molecule has 6 heteroatoms. The molecule has 2 aromatic heterocycles. The van der Waals surface area contributed by atoms with Gasteiger partial charge in [0.05, 0.1) is 24.6 Å². The Morgan fingerprint density at radius 3 is 2.65 bits per heavy atom. The Hall–Kier alpha value is -4.16. The third kappa shape index (κ3) is 5.34. The molecular weight excluding hydrogens is 460 g/mol. The van der Waals surface area contributed by atoms with Crippen LogP contribution in [-0.2, 0) is 11.3 Å². The van der Waals surface area contributed by atoms with Crippen LogP contribution in [0.15, 0.2) is 97.6 Å². The monoisotopic (exact) mass is 492 g/mol. The highest BCUT2D eigenvalue weighted by molar-refractivity contribution is 5.99. The second-order valence-electron chi connectivity index (χ2n) is 9.25. The first-order valence-electron chi connectivity index (χ1n) is 12.7. The van der Waals surface area contributed by atoms with E-state index in [0.29, 0.717) is 25.4 Å². The average molecular weight is 493 g/mol. The quantitative estimate of drug-likeness (QED) is 0.246. The average Bonchev–Trinajstić information content (AvgIpc) is 3.58. The summed E-state index contributed by atoms with van der Waals surface area (Å²) in [5.74, 6) is -0.0928. The molecule has 0 saturated heterocycles. The highest BCUT2D eigenvalue weighted by Crippen LogP contribution is 2.31. The van der Waals surface area contributed by atoms with E-state index in [4.69, 9.17) is 4.74 Å². The second-order valence-corrected chi connectivity index (χ2v) is 9.25. The summed E-state index contributed by atoms with van der Waals surface area (Å²) in [4.78, 5) is 17.8. The molecule has 0 aliphatic rings. The van der Waals surface area contributed by atoms with E-state index < -0.39 is 0 Å². The number of hydrogen-bond acceptors (Lipinski definition) is 3. The summed E-state index contributed by atoms with van der Waals surface area (Å²) in [7, 11) is 1.67. The van der Waals surface area contributed by atoms with Crippen LogP contribution in [-0.4, -0.2) is 40.3 Å². The highest BCUT2D eigenvalue weighted by atomic mass is 16.5. The zero-order valence-electron chi connectivity index (χ0n) is 21.3. The van der Waals surface area contributed by atoms with Crippen LogP contribution in [0.5, 0.6) is 0 Å². The van der Waals surface area contributed by atoms with E-state index in [-0.39, 0.29) is 11.9 Å². The van der Waals surface area contributed by atoms with Gasteiger partial charge in [0.2, 0.25) is 0 Å². The van der Waals surface area contributed by atoms with Crippen molar-refractivity contribution in [2.24, 2.45) is 0 Å². The third-order valence-corrected chi connectivity index (χ3v) is 6.82. The molecule has 37 heavy (non-hydrogen) atoms. The lowest BCUT2D eigenvalue weighted by molar-refractivity contribution is 0.0939. The Kier molecular flexibility index (Phi) is 7.47. The molecule has 1 N–H and O–H groups in total. The van der Waals surface area contributed by atoms with Gasteiger partial charge in [0, 0.05) is 38.2 Å². The molecule has 188 valence electrons. The summed E-state index contributed by atoms with van der Waals surface area (Å²) in [6.07, 6.45) is 6.60. The molecule has 5 aromatic rings. The van der Waals surface area contributed by atoms with E-state index >= 15 is 0 Å². The van der Waals surface area contributed by atoms with Crippen molar-refractivity contribution in [2.45, 2.75) is 25.9 Å². The van der Waals surface area contributed by atoms with E-state index in [1.807, 2.05) is 35.3 Å². The molecule has 1 amide bonds. The number of amides is 1. The van der Waals surface area contributed by atoms with Gasteiger partial charge < -0.3 is 19.2 Å². The number of carbonyl (C=O) groups is 1. The number of carbonyl (C=O) groups excluding carboxylic acids is 1.